The summed E-state index contributed by atoms with van der Waals surface area (Å²) in [4.78, 5) is 0. The number of hydrogen-bond donors (Lipinski definition) is 1. The highest BCUT2D eigenvalue weighted by atomic mass is 15.2. The van der Waals surface area contributed by atoms with Crippen molar-refractivity contribution in [1.82, 2.24) is 5.32 Å². The standard InChI is InChI=1S/C8H15N/c1-7-8(9-7)5-3-2-4-6-8/h7,9H,2-6H2,1H3. The summed E-state index contributed by atoms with van der Waals surface area (Å²) < 4.78 is 0. The molecule has 52 valence electrons. The molecule has 1 saturated heterocycles. The summed E-state index contributed by atoms with van der Waals surface area (Å²) in [6.45, 7) is 2.31. The molecule has 0 aromatic heterocycles. The fourth-order valence-electron chi connectivity index (χ4n) is 2.15. The molecule has 0 amide bonds. The highest BCUT2D eigenvalue weighted by molar-refractivity contribution is 5.12. The summed E-state index contributed by atoms with van der Waals surface area (Å²) in [6.07, 6.45) is 7.26. The van der Waals surface area contributed by atoms with E-state index in [1.165, 1.54) is 32.1 Å². The zero-order chi connectivity index (χ0) is 6.32. The Morgan fingerprint density at radius 2 is 1.78 bits per heavy atom. The van der Waals surface area contributed by atoms with Gasteiger partial charge < -0.3 is 5.32 Å². The Labute approximate surface area is 56.8 Å². The third-order valence-corrected chi connectivity index (χ3v) is 3.00. The van der Waals surface area contributed by atoms with E-state index in [1.807, 2.05) is 0 Å². The molecule has 9 heavy (non-hydrogen) atoms. The van der Waals surface area contributed by atoms with Crippen LogP contribution in [0.25, 0.3) is 0 Å². The van der Waals surface area contributed by atoms with Gasteiger partial charge in [-0.15, -0.1) is 0 Å². The third kappa shape index (κ3) is 0.787. The molecular formula is C8H15N. The first-order chi connectivity index (χ1) is 4.33. The summed E-state index contributed by atoms with van der Waals surface area (Å²) in [5.74, 6) is 0. The van der Waals surface area contributed by atoms with Crippen LogP contribution in [0.1, 0.15) is 39.0 Å². The van der Waals surface area contributed by atoms with E-state index in [4.69, 9.17) is 0 Å². The van der Waals surface area contributed by atoms with Crippen molar-refractivity contribution in [3.8, 4) is 0 Å². The van der Waals surface area contributed by atoms with Crippen LogP contribution in [0.5, 0.6) is 0 Å². The van der Waals surface area contributed by atoms with Crippen molar-refractivity contribution in [3.63, 3.8) is 0 Å². The molecule has 0 bridgehead atoms. The highest BCUT2D eigenvalue weighted by Crippen LogP contribution is 2.40. The van der Waals surface area contributed by atoms with Crippen molar-refractivity contribution in [2.45, 2.75) is 50.6 Å². The molecule has 1 aliphatic heterocycles. The van der Waals surface area contributed by atoms with Crippen molar-refractivity contribution in [3.05, 3.63) is 0 Å². The molecule has 1 heteroatoms. The second-order valence-corrected chi connectivity index (χ2v) is 3.58. The number of rotatable bonds is 0. The SMILES string of the molecule is CC1NC12CCCCC2. The van der Waals surface area contributed by atoms with Crippen molar-refractivity contribution in [2.24, 2.45) is 0 Å². The van der Waals surface area contributed by atoms with Crippen LogP contribution in [-0.4, -0.2) is 11.6 Å². The minimum absolute atomic E-state index is 0.637. The van der Waals surface area contributed by atoms with Crippen LogP contribution in [0.2, 0.25) is 0 Å². The molecule has 0 aromatic carbocycles. The summed E-state index contributed by atoms with van der Waals surface area (Å²) >= 11 is 0. The summed E-state index contributed by atoms with van der Waals surface area (Å²) in [6, 6.07) is 0.831. The largest absolute Gasteiger partial charge is 0.305 e. The summed E-state index contributed by atoms with van der Waals surface area (Å²) in [5, 5.41) is 3.55. The maximum atomic E-state index is 3.55. The first-order valence-electron chi connectivity index (χ1n) is 4.11. The van der Waals surface area contributed by atoms with E-state index in [0.29, 0.717) is 5.54 Å². The molecule has 2 aliphatic rings. The average molecular weight is 125 g/mol. The molecule has 1 unspecified atom stereocenters. The third-order valence-electron chi connectivity index (χ3n) is 3.00. The molecule has 1 atom stereocenters. The first-order valence-corrected chi connectivity index (χ1v) is 4.11. The molecule has 0 radical (unpaired) electrons. The molecule has 0 aromatic rings. The van der Waals surface area contributed by atoms with Crippen LogP contribution in [-0.2, 0) is 0 Å². The highest BCUT2D eigenvalue weighted by Gasteiger charge is 2.49. The van der Waals surface area contributed by atoms with Gasteiger partial charge in [-0.1, -0.05) is 19.3 Å². The van der Waals surface area contributed by atoms with Crippen LogP contribution in [0.15, 0.2) is 0 Å². The first kappa shape index (κ1) is 5.72. The molecule has 1 heterocycles. The molecule has 2 fully saturated rings. The second-order valence-electron chi connectivity index (χ2n) is 3.58. The summed E-state index contributed by atoms with van der Waals surface area (Å²) in [7, 11) is 0. The minimum Gasteiger partial charge on any atom is -0.305 e. The number of hydrogen-bond acceptors (Lipinski definition) is 1. The maximum absolute atomic E-state index is 3.55. The van der Waals surface area contributed by atoms with Gasteiger partial charge in [0.15, 0.2) is 0 Å². The minimum atomic E-state index is 0.637. The van der Waals surface area contributed by atoms with Crippen LogP contribution in [0, 0.1) is 0 Å². The van der Waals surface area contributed by atoms with Crippen molar-refractivity contribution < 1.29 is 0 Å². The Bertz CT molecular complexity index is 114. The zero-order valence-electron chi connectivity index (χ0n) is 6.11. The Kier molecular flexibility index (Phi) is 1.10. The van der Waals surface area contributed by atoms with Gasteiger partial charge in [0.05, 0.1) is 0 Å². The molecule has 1 spiro atoms. The van der Waals surface area contributed by atoms with Gasteiger partial charge in [0.1, 0.15) is 0 Å². The topological polar surface area (TPSA) is 21.9 Å². The number of nitrogens with one attached hydrogen (secondary N) is 1. The van der Waals surface area contributed by atoms with Crippen LogP contribution in [0.4, 0.5) is 0 Å². The lowest BCUT2D eigenvalue weighted by atomic mass is 9.86. The fourth-order valence-corrected chi connectivity index (χ4v) is 2.15. The lowest BCUT2D eigenvalue weighted by molar-refractivity contribution is 0.401. The molecular weight excluding hydrogens is 110 g/mol. The monoisotopic (exact) mass is 125 g/mol. The normalized spacial score (nSPS) is 39.0. The Morgan fingerprint density at radius 3 is 2.11 bits per heavy atom. The van der Waals surface area contributed by atoms with Crippen molar-refractivity contribution in [1.29, 1.82) is 0 Å². The molecule has 1 aliphatic carbocycles. The molecule has 1 nitrogen and oxygen atoms in total. The van der Waals surface area contributed by atoms with Gasteiger partial charge in [0, 0.05) is 11.6 Å². The van der Waals surface area contributed by atoms with E-state index in [-0.39, 0.29) is 0 Å². The van der Waals surface area contributed by atoms with Gasteiger partial charge >= 0.3 is 0 Å². The van der Waals surface area contributed by atoms with E-state index >= 15 is 0 Å². The molecule has 1 saturated carbocycles. The smallest absolute Gasteiger partial charge is 0.0335 e. The lowest BCUT2D eigenvalue weighted by Gasteiger charge is -2.19. The van der Waals surface area contributed by atoms with Gasteiger partial charge in [-0.05, 0) is 19.8 Å². The fraction of sp³-hybridized carbons (Fsp3) is 1.00. The van der Waals surface area contributed by atoms with Gasteiger partial charge in [-0.3, -0.25) is 0 Å². The lowest BCUT2D eigenvalue weighted by Crippen LogP contribution is -2.20. The predicted molar refractivity (Wildman–Crippen MR) is 38.4 cm³/mol. The average Bonchev–Trinajstić information content (AvgIpc) is 2.44. The Morgan fingerprint density at radius 1 is 1.22 bits per heavy atom. The van der Waals surface area contributed by atoms with E-state index in [2.05, 4.69) is 12.2 Å². The van der Waals surface area contributed by atoms with E-state index in [9.17, 15) is 0 Å². The quantitative estimate of drug-likeness (QED) is 0.489. The summed E-state index contributed by atoms with van der Waals surface area (Å²) in [5.41, 5.74) is 0.637. The predicted octanol–water partition coefficient (Wildman–Crippen LogP) is 1.68. The van der Waals surface area contributed by atoms with Gasteiger partial charge in [-0.25, -0.2) is 0 Å². The van der Waals surface area contributed by atoms with Crippen LogP contribution < -0.4 is 5.32 Å². The second kappa shape index (κ2) is 1.72. The zero-order valence-corrected chi connectivity index (χ0v) is 6.11. The van der Waals surface area contributed by atoms with Crippen molar-refractivity contribution >= 4 is 0 Å². The van der Waals surface area contributed by atoms with Crippen LogP contribution in [0.3, 0.4) is 0 Å². The molecule has 1 N–H and O–H groups in total. The van der Waals surface area contributed by atoms with E-state index in [0.717, 1.165) is 6.04 Å². The van der Waals surface area contributed by atoms with Gasteiger partial charge in [0.2, 0.25) is 0 Å². The van der Waals surface area contributed by atoms with Crippen molar-refractivity contribution in [2.75, 3.05) is 0 Å². The Hall–Kier alpha value is -0.0400. The van der Waals surface area contributed by atoms with Gasteiger partial charge in [-0.2, -0.15) is 0 Å². The Balaban J connectivity index is 1.97. The maximum Gasteiger partial charge on any atom is 0.0335 e. The van der Waals surface area contributed by atoms with Gasteiger partial charge in [0.25, 0.3) is 0 Å². The van der Waals surface area contributed by atoms with E-state index in [1.54, 1.807) is 0 Å². The van der Waals surface area contributed by atoms with Crippen LogP contribution >= 0.6 is 0 Å². The van der Waals surface area contributed by atoms with E-state index < -0.39 is 0 Å². The molecule has 2 rings (SSSR count).